The molecule has 0 unspecified atom stereocenters. The zero-order valence-corrected chi connectivity index (χ0v) is 9.31. The molecule has 0 saturated carbocycles. The van der Waals surface area contributed by atoms with Crippen LogP contribution in [0.3, 0.4) is 0 Å². The zero-order chi connectivity index (χ0) is 11.7. The van der Waals surface area contributed by atoms with Gasteiger partial charge in [0.05, 0.1) is 17.7 Å². The van der Waals surface area contributed by atoms with Crippen LogP contribution in [-0.2, 0) is 6.54 Å². The van der Waals surface area contributed by atoms with Gasteiger partial charge < -0.3 is 0 Å². The van der Waals surface area contributed by atoms with Gasteiger partial charge in [0, 0.05) is 5.38 Å². The molecule has 0 amide bonds. The number of H-pyrrole nitrogens is 1. The van der Waals surface area contributed by atoms with Gasteiger partial charge >= 0.3 is 5.69 Å². The Morgan fingerprint density at radius 1 is 1.56 bits per heavy atom. The molecule has 0 radical (unpaired) electrons. The molecule has 0 atom stereocenters. The highest BCUT2D eigenvalue weighted by Gasteiger charge is 2.12. The predicted molar refractivity (Wildman–Crippen MR) is 57.5 cm³/mol. The summed E-state index contributed by atoms with van der Waals surface area (Å²) in [5.74, 6) is -1.17. The van der Waals surface area contributed by atoms with Crippen LogP contribution in [-0.4, -0.2) is 14.5 Å². The Hall–Kier alpha value is -1.47. The molecule has 0 fully saturated rings. The summed E-state index contributed by atoms with van der Waals surface area (Å²) < 4.78 is 13.9. The van der Waals surface area contributed by atoms with Crippen LogP contribution >= 0.6 is 22.9 Å². The monoisotopic (exact) mass is 261 g/mol. The van der Waals surface area contributed by atoms with Crippen molar-refractivity contribution in [2.24, 2.45) is 0 Å². The Kier molecular flexibility index (Phi) is 2.88. The van der Waals surface area contributed by atoms with Crippen molar-refractivity contribution in [1.29, 1.82) is 0 Å². The zero-order valence-electron chi connectivity index (χ0n) is 7.74. The smallest absolute Gasteiger partial charge is 0.295 e. The molecule has 5 nitrogen and oxygen atoms in total. The third kappa shape index (κ3) is 1.91. The van der Waals surface area contributed by atoms with Gasteiger partial charge in [-0.25, -0.2) is 9.78 Å². The number of nitrogens with one attached hydrogen (secondary N) is 1. The summed E-state index contributed by atoms with van der Waals surface area (Å²) in [6.45, 7) is -0.0776. The average Bonchev–Trinajstić information content (AvgIpc) is 2.74. The first-order chi connectivity index (χ1) is 7.59. The number of thiazole rings is 1. The Morgan fingerprint density at radius 3 is 2.94 bits per heavy atom. The Bertz CT molecular complexity index is 619. The molecule has 2 aromatic rings. The summed E-state index contributed by atoms with van der Waals surface area (Å²) in [5, 5.41) is 1.09. The lowest BCUT2D eigenvalue weighted by molar-refractivity contribution is 0.556. The summed E-state index contributed by atoms with van der Waals surface area (Å²) in [6, 6.07) is 0. The molecule has 2 rings (SSSR count). The SMILES string of the molecule is O=c1[nH]c(Cl)c(F)c(=O)n1Cc1cscn1. The van der Waals surface area contributed by atoms with E-state index in [0.29, 0.717) is 10.3 Å². The number of rotatable bonds is 2. The second-order valence-corrected chi connectivity index (χ2v) is 4.03. The molecule has 2 aromatic heterocycles. The highest BCUT2D eigenvalue weighted by atomic mass is 35.5. The third-order valence-electron chi connectivity index (χ3n) is 1.89. The lowest BCUT2D eigenvalue weighted by atomic mass is 10.4. The molecule has 16 heavy (non-hydrogen) atoms. The van der Waals surface area contributed by atoms with Gasteiger partial charge in [0.25, 0.3) is 5.56 Å². The maximum absolute atomic E-state index is 13.1. The molecule has 0 aliphatic heterocycles. The molecule has 0 spiro atoms. The minimum atomic E-state index is -1.17. The average molecular weight is 262 g/mol. The van der Waals surface area contributed by atoms with Gasteiger partial charge in [-0.2, -0.15) is 4.39 Å². The summed E-state index contributed by atoms with van der Waals surface area (Å²) >= 11 is 6.63. The summed E-state index contributed by atoms with van der Waals surface area (Å²) in [5.41, 5.74) is 0.256. The van der Waals surface area contributed by atoms with Gasteiger partial charge in [-0.15, -0.1) is 11.3 Å². The number of hydrogen-bond acceptors (Lipinski definition) is 4. The Morgan fingerprint density at radius 2 is 2.31 bits per heavy atom. The Balaban J connectivity index is 2.54. The molecule has 2 heterocycles. The maximum atomic E-state index is 13.1. The maximum Gasteiger partial charge on any atom is 0.330 e. The van der Waals surface area contributed by atoms with Crippen molar-refractivity contribution in [1.82, 2.24) is 14.5 Å². The van der Waals surface area contributed by atoms with Crippen molar-refractivity contribution in [2.45, 2.75) is 6.54 Å². The summed E-state index contributed by atoms with van der Waals surface area (Å²) in [6.07, 6.45) is 0. The van der Waals surface area contributed by atoms with Crippen LogP contribution in [0.25, 0.3) is 0 Å². The fourth-order valence-electron chi connectivity index (χ4n) is 1.14. The van der Waals surface area contributed by atoms with E-state index in [2.05, 4.69) is 4.98 Å². The number of hydrogen-bond donors (Lipinski definition) is 1. The van der Waals surface area contributed by atoms with Crippen molar-refractivity contribution in [2.75, 3.05) is 0 Å². The first-order valence-electron chi connectivity index (χ1n) is 4.15. The van der Waals surface area contributed by atoms with Crippen molar-refractivity contribution in [3.05, 3.63) is 48.4 Å². The predicted octanol–water partition coefficient (Wildman–Crippen LogP) is 0.834. The van der Waals surface area contributed by atoms with Crippen molar-refractivity contribution >= 4 is 22.9 Å². The molecule has 0 saturated heterocycles. The largest absolute Gasteiger partial charge is 0.330 e. The van der Waals surface area contributed by atoms with Crippen LogP contribution in [0.1, 0.15) is 5.69 Å². The quantitative estimate of drug-likeness (QED) is 0.815. The van der Waals surface area contributed by atoms with Gasteiger partial charge in [-0.1, -0.05) is 11.6 Å². The molecule has 0 aliphatic carbocycles. The van der Waals surface area contributed by atoms with E-state index in [4.69, 9.17) is 11.6 Å². The molecular formula is C8H5ClFN3O2S. The second kappa shape index (κ2) is 4.18. The van der Waals surface area contributed by atoms with Gasteiger partial charge in [-0.3, -0.25) is 14.3 Å². The lowest BCUT2D eigenvalue weighted by Crippen LogP contribution is -2.37. The molecule has 8 heteroatoms. The summed E-state index contributed by atoms with van der Waals surface area (Å²) in [4.78, 5) is 28.7. The van der Waals surface area contributed by atoms with E-state index in [1.54, 1.807) is 10.9 Å². The number of aromatic nitrogens is 3. The molecule has 0 aromatic carbocycles. The molecule has 1 N–H and O–H groups in total. The highest BCUT2D eigenvalue weighted by molar-refractivity contribution is 7.07. The van der Waals surface area contributed by atoms with Crippen LogP contribution in [0.5, 0.6) is 0 Å². The molecule has 0 aliphatic rings. The van der Waals surface area contributed by atoms with E-state index in [1.807, 2.05) is 4.98 Å². The van der Waals surface area contributed by atoms with Crippen LogP contribution < -0.4 is 11.2 Å². The normalized spacial score (nSPS) is 10.6. The molecular weight excluding hydrogens is 257 g/mol. The van der Waals surface area contributed by atoms with Gasteiger partial charge in [-0.05, 0) is 0 Å². The third-order valence-corrected chi connectivity index (χ3v) is 2.79. The first kappa shape index (κ1) is 11.0. The van der Waals surface area contributed by atoms with E-state index >= 15 is 0 Å². The van der Waals surface area contributed by atoms with E-state index in [9.17, 15) is 14.0 Å². The lowest BCUT2D eigenvalue weighted by Gasteiger charge is -2.02. The van der Waals surface area contributed by atoms with E-state index < -0.39 is 22.2 Å². The first-order valence-corrected chi connectivity index (χ1v) is 5.47. The number of nitrogens with zero attached hydrogens (tertiary/aromatic N) is 2. The van der Waals surface area contributed by atoms with Crippen LogP contribution in [0, 0.1) is 5.82 Å². The van der Waals surface area contributed by atoms with Crippen LogP contribution in [0.2, 0.25) is 5.15 Å². The minimum Gasteiger partial charge on any atom is -0.295 e. The summed E-state index contributed by atoms with van der Waals surface area (Å²) in [7, 11) is 0. The standard InChI is InChI=1S/C8H5ClFN3O2S/c9-6-5(10)7(14)13(8(15)12-6)1-4-2-16-3-11-4/h2-3H,1H2,(H,12,15). The molecule has 0 bridgehead atoms. The van der Waals surface area contributed by atoms with E-state index in [0.717, 1.165) is 0 Å². The topological polar surface area (TPSA) is 67.8 Å². The van der Waals surface area contributed by atoms with Crippen molar-refractivity contribution in [3.8, 4) is 0 Å². The van der Waals surface area contributed by atoms with Gasteiger partial charge in [0.15, 0.2) is 5.15 Å². The highest BCUT2D eigenvalue weighted by Crippen LogP contribution is 2.04. The van der Waals surface area contributed by atoms with Crippen LogP contribution in [0.4, 0.5) is 4.39 Å². The number of aromatic amines is 1. The van der Waals surface area contributed by atoms with Gasteiger partial charge in [0.1, 0.15) is 0 Å². The van der Waals surface area contributed by atoms with Crippen LogP contribution in [0.15, 0.2) is 20.5 Å². The van der Waals surface area contributed by atoms with E-state index in [1.165, 1.54) is 11.3 Å². The van der Waals surface area contributed by atoms with Gasteiger partial charge in [0.2, 0.25) is 5.82 Å². The fraction of sp³-hybridized carbons (Fsp3) is 0.125. The molecule has 84 valence electrons. The number of halogens is 2. The van der Waals surface area contributed by atoms with Crippen molar-refractivity contribution < 1.29 is 4.39 Å². The van der Waals surface area contributed by atoms with E-state index in [-0.39, 0.29) is 6.54 Å². The Labute approximate surface area is 97.2 Å². The second-order valence-electron chi connectivity index (χ2n) is 2.93. The minimum absolute atomic E-state index is 0.0776. The van der Waals surface area contributed by atoms with Crippen molar-refractivity contribution in [3.63, 3.8) is 0 Å². The fourth-order valence-corrected chi connectivity index (χ4v) is 1.85.